The van der Waals surface area contributed by atoms with Crippen LogP contribution in [0, 0.1) is 5.82 Å². The molecule has 0 bridgehead atoms. The van der Waals surface area contributed by atoms with Crippen molar-refractivity contribution in [2.45, 2.75) is 13.3 Å². The van der Waals surface area contributed by atoms with E-state index in [0.717, 1.165) is 17.8 Å². The minimum atomic E-state index is -0.814. The highest BCUT2D eigenvalue weighted by Crippen LogP contribution is 2.36. The number of amides is 3. The van der Waals surface area contributed by atoms with E-state index in [1.807, 2.05) is 12.2 Å². The number of rotatable bonds is 5. The van der Waals surface area contributed by atoms with Crippen molar-refractivity contribution in [3.8, 4) is 0 Å². The fourth-order valence-corrected chi connectivity index (χ4v) is 3.24. The van der Waals surface area contributed by atoms with E-state index in [4.69, 9.17) is 16.3 Å². The molecule has 3 amide bonds. The van der Waals surface area contributed by atoms with E-state index >= 15 is 0 Å². The fraction of sp³-hybridized carbons (Fsp3) is 0.267. The van der Waals surface area contributed by atoms with Gasteiger partial charge in [-0.05, 0) is 24.6 Å². The number of hydrogen-bond acceptors (Lipinski definition) is 5. The summed E-state index contributed by atoms with van der Waals surface area (Å²) in [5, 5.41) is 5.14. The Balaban J connectivity index is 1.96. The van der Waals surface area contributed by atoms with Crippen molar-refractivity contribution in [1.29, 1.82) is 0 Å². The van der Waals surface area contributed by atoms with Crippen LogP contribution < -0.4 is 10.6 Å². The van der Waals surface area contributed by atoms with Gasteiger partial charge in [0, 0.05) is 16.6 Å². The molecule has 1 aromatic heterocycles. The number of halogens is 2. The molecule has 0 atom stereocenters. The quantitative estimate of drug-likeness (QED) is 0.790. The highest BCUT2D eigenvalue weighted by Gasteiger charge is 2.20. The van der Waals surface area contributed by atoms with Crippen LogP contribution in [0.25, 0.3) is 10.1 Å². The van der Waals surface area contributed by atoms with E-state index in [2.05, 4.69) is 5.32 Å². The number of carbonyl (C=O) groups is 3. The molecule has 128 valence electrons. The van der Waals surface area contributed by atoms with Gasteiger partial charge in [0.05, 0.1) is 5.02 Å². The number of urea groups is 1. The first kappa shape index (κ1) is 18.2. The van der Waals surface area contributed by atoms with Crippen molar-refractivity contribution in [1.82, 2.24) is 10.6 Å². The molecule has 0 spiro atoms. The van der Waals surface area contributed by atoms with E-state index in [1.165, 1.54) is 18.2 Å². The Labute approximate surface area is 145 Å². The number of imide groups is 1. The van der Waals surface area contributed by atoms with Crippen LogP contribution in [-0.2, 0) is 9.53 Å². The first-order valence-electron chi connectivity index (χ1n) is 7.04. The number of ether oxygens (including phenoxy) is 1. The highest BCUT2D eigenvalue weighted by molar-refractivity contribution is 7.21. The number of hydrogen-bond donors (Lipinski definition) is 2. The topological polar surface area (TPSA) is 84.5 Å². The predicted molar refractivity (Wildman–Crippen MR) is 88.9 cm³/mol. The first-order valence-corrected chi connectivity index (χ1v) is 8.24. The average molecular weight is 373 g/mol. The molecular formula is C15H14ClFN2O4S. The lowest BCUT2D eigenvalue weighted by Crippen LogP contribution is -2.41. The predicted octanol–water partition coefficient (Wildman–Crippen LogP) is 3.09. The molecule has 0 saturated heterocycles. The molecule has 0 saturated carbocycles. The maximum absolute atomic E-state index is 13.2. The average Bonchev–Trinajstić information content (AvgIpc) is 2.86. The number of esters is 1. The zero-order valence-electron chi connectivity index (χ0n) is 12.7. The van der Waals surface area contributed by atoms with Crippen LogP contribution >= 0.6 is 22.9 Å². The Kier molecular flexibility index (Phi) is 6.10. The molecule has 0 radical (unpaired) electrons. The second-order valence-corrected chi connectivity index (χ2v) is 6.20. The van der Waals surface area contributed by atoms with Crippen LogP contribution in [0.2, 0.25) is 5.02 Å². The zero-order valence-corrected chi connectivity index (χ0v) is 14.2. The van der Waals surface area contributed by atoms with Crippen LogP contribution in [-0.4, -0.2) is 31.1 Å². The van der Waals surface area contributed by atoms with Gasteiger partial charge < -0.3 is 10.1 Å². The van der Waals surface area contributed by atoms with Crippen molar-refractivity contribution in [2.75, 3.05) is 13.2 Å². The maximum Gasteiger partial charge on any atom is 0.350 e. The van der Waals surface area contributed by atoms with Gasteiger partial charge in [-0.3, -0.25) is 10.1 Å². The van der Waals surface area contributed by atoms with Crippen molar-refractivity contribution in [2.24, 2.45) is 0 Å². The summed E-state index contributed by atoms with van der Waals surface area (Å²) >= 11 is 7.05. The number of nitrogens with one attached hydrogen (secondary N) is 2. The third-order valence-electron chi connectivity index (χ3n) is 2.90. The van der Waals surface area contributed by atoms with Crippen LogP contribution in [0.5, 0.6) is 0 Å². The molecule has 0 aliphatic carbocycles. The van der Waals surface area contributed by atoms with E-state index < -0.39 is 30.3 Å². The maximum atomic E-state index is 13.2. The normalized spacial score (nSPS) is 10.5. The van der Waals surface area contributed by atoms with Gasteiger partial charge in [0.15, 0.2) is 6.61 Å². The van der Waals surface area contributed by atoms with Gasteiger partial charge in [-0.25, -0.2) is 14.0 Å². The third kappa shape index (κ3) is 4.42. The molecule has 0 unspecified atom stereocenters. The third-order valence-corrected chi connectivity index (χ3v) is 4.54. The summed E-state index contributed by atoms with van der Waals surface area (Å²) in [5.74, 6) is -2.02. The van der Waals surface area contributed by atoms with Crippen molar-refractivity contribution >= 4 is 50.9 Å². The minimum absolute atomic E-state index is 0.0699. The summed E-state index contributed by atoms with van der Waals surface area (Å²) in [7, 11) is 0. The van der Waals surface area contributed by atoms with E-state index in [-0.39, 0.29) is 9.90 Å². The second kappa shape index (κ2) is 8.07. The van der Waals surface area contributed by atoms with Crippen LogP contribution in [0.4, 0.5) is 9.18 Å². The minimum Gasteiger partial charge on any atom is -0.451 e. The van der Waals surface area contributed by atoms with Gasteiger partial charge in [0.2, 0.25) is 0 Å². The number of carbonyl (C=O) groups excluding carboxylic acids is 3. The van der Waals surface area contributed by atoms with Crippen molar-refractivity contribution < 1.29 is 23.5 Å². The summed E-state index contributed by atoms with van der Waals surface area (Å²) in [6, 6.07) is 3.30. The molecule has 2 N–H and O–H groups in total. The van der Waals surface area contributed by atoms with Gasteiger partial charge in [0.1, 0.15) is 10.7 Å². The molecule has 0 fully saturated rings. The summed E-state index contributed by atoms with van der Waals surface area (Å²) in [6.07, 6.45) is 0.724. The van der Waals surface area contributed by atoms with Gasteiger partial charge in [-0.1, -0.05) is 18.5 Å². The largest absolute Gasteiger partial charge is 0.451 e. The molecule has 0 aliphatic rings. The van der Waals surface area contributed by atoms with Crippen LogP contribution in [0.3, 0.4) is 0 Å². The summed E-state index contributed by atoms with van der Waals surface area (Å²) in [4.78, 5) is 34.9. The zero-order chi connectivity index (χ0) is 17.7. The summed E-state index contributed by atoms with van der Waals surface area (Å²) < 4.78 is 18.5. The van der Waals surface area contributed by atoms with E-state index in [9.17, 15) is 18.8 Å². The summed E-state index contributed by atoms with van der Waals surface area (Å²) in [6.45, 7) is 1.66. The Morgan fingerprint density at radius 3 is 2.79 bits per heavy atom. The smallest absolute Gasteiger partial charge is 0.350 e. The van der Waals surface area contributed by atoms with Crippen molar-refractivity contribution in [3.63, 3.8) is 0 Å². The Morgan fingerprint density at radius 2 is 2.08 bits per heavy atom. The molecule has 1 aromatic carbocycles. The standard InChI is InChI=1S/C15H14ClFN2O4S/c1-2-5-18-15(22)19-11(20)7-23-14(21)13-12(16)9-4-3-8(17)6-10(9)24-13/h3-4,6H,2,5,7H2,1H3,(H2,18,19,20,22). The lowest BCUT2D eigenvalue weighted by Gasteiger charge is -2.06. The molecule has 24 heavy (non-hydrogen) atoms. The van der Waals surface area contributed by atoms with E-state index in [1.54, 1.807) is 0 Å². The van der Waals surface area contributed by atoms with Gasteiger partial charge in [-0.15, -0.1) is 11.3 Å². The molecule has 2 aromatic rings. The van der Waals surface area contributed by atoms with Crippen molar-refractivity contribution in [3.05, 3.63) is 33.9 Å². The first-order chi connectivity index (χ1) is 11.4. The molecule has 9 heteroatoms. The SMILES string of the molecule is CCCNC(=O)NC(=O)COC(=O)c1sc2cc(F)ccc2c1Cl. The Morgan fingerprint density at radius 1 is 1.33 bits per heavy atom. The van der Waals surface area contributed by atoms with Gasteiger partial charge in [-0.2, -0.15) is 0 Å². The van der Waals surface area contributed by atoms with Crippen LogP contribution in [0.1, 0.15) is 23.0 Å². The van der Waals surface area contributed by atoms with E-state index in [0.29, 0.717) is 16.6 Å². The summed E-state index contributed by atoms with van der Waals surface area (Å²) in [5.41, 5.74) is 0. The lowest BCUT2D eigenvalue weighted by molar-refractivity contribution is -0.123. The molecule has 6 nitrogen and oxygen atoms in total. The monoisotopic (exact) mass is 372 g/mol. The fourth-order valence-electron chi connectivity index (χ4n) is 1.81. The highest BCUT2D eigenvalue weighted by atomic mass is 35.5. The Bertz CT molecular complexity index is 793. The second-order valence-electron chi connectivity index (χ2n) is 4.77. The molecule has 0 aliphatic heterocycles. The van der Waals surface area contributed by atoms with Gasteiger partial charge in [0.25, 0.3) is 5.91 Å². The van der Waals surface area contributed by atoms with Crippen LogP contribution in [0.15, 0.2) is 18.2 Å². The van der Waals surface area contributed by atoms with Gasteiger partial charge >= 0.3 is 12.0 Å². The molecule has 1 heterocycles. The Hall–Kier alpha value is -2.19. The number of thiophene rings is 1. The number of benzene rings is 1. The molecular weight excluding hydrogens is 359 g/mol. The molecule has 2 rings (SSSR count). The number of fused-ring (bicyclic) bond motifs is 1. The lowest BCUT2D eigenvalue weighted by atomic mass is 10.2.